The molecular formula is C14H27N3O3. The van der Waals surface area contributed by atoms with Crippen LogP contribution in [0.3, 0.4) is 0 Å². The number of hydrogen-bond donors (Lipinski definition) is 3. The summed E-state index contributed by atoms with van der Waals surface area (Å²) in [6, 6.07) is 0.266. The van der Waals surface area contributed by atoms with Crippen molar-refractivity contribution in [3.8, 4) is 0 Å². The zero-order chi connectivity index (χ0) is 15.1. The van der Waals surface area contributed by atoms with Crippen molar-refractivity contribution in [2.75, 3.05) is 20.1 Å². The fourth-order valence-corrected chi connectivity index (χ4v) is 2.41. The number of carbonyl (C=O) groups is 2. The summed E-state index contributed by atoms with van der Waals surface area (Å²) in [6.45, 7) is 4.24. The van der Waals surface area contributed by atoms with Gasteiger partial charge in [0.2, 0.25) is 11.8 Å². The molecule has 0 aromatic rings. The van der Waals surface area contributed by atoms with E-state index in [1.807, 2.05) is 13.8 Å². The Kier molecular flexibility index (Phi) is 6.95. The molecule has 1 rings (SSSR count). The highest BCUT2D eigenvalue weighted by Crippen LogP contribution is 2.18. The molecule has 0 aromatic carbocycles. The normalized spacial score (nSPS) is 22.9. The van der Waals surface area contributed by atoms with Crippen molar-refractivity contribution in [2.45, 2.75) is 57.7 Å². The van der Waals surface area contributed by atoms with Crippen LogP contribution in [0, 0.1) is 0 Å². The molecule has 1 fully saturated rings. The predicted molar refractivity (Wildman–Crippen MR) is 77.2 cm³/mol. The Morgan fingerprint density at radius 3 is 2.25 bits per heavy atom. The number of hydrogen-bond acceptors (Lipinski definition) is 4. The van der Waals surface area contributed by atoms with Gasteiger partial charge in [-0.1, -0.05) is 0 Å². The first-order valence-electron chi connectivity index (χ1n) is 7.32. The second kappa shape index (κ2) is 8.21. The maximum Gasteiger partial charge on any atom is 0.234 e. The number of nitrogens with zero attached hydrogens (tertiary/aromatic N) is 1. The largest absolute Gasteiger partial charge is 0.393 e. The van der Waals surface area contributed by atoms with Gasteiger partial charge in [0.15, 0.2) is 0 Å². The fourth-order valence-electron chi connectivity index (χ4n) is 2.41. The first kappa shape index (κ1) is 16.9. The van der Waals surface area contributed by atoms with Crippen LogP contribution in [0.1, 0.15) is 39.5 Å². The van der Waals surface area contributed by atoms with E-state index in [0.29, 0.717) is 0 Å². The molecule has 0 unspecified atom stereocenters. The van der Waals surface area contributed by atoms with Crippen LogP contribution in [0.2, 0.25) is 0 Å². The van der Waals surface area contributed by atoms with Crippen LogP contribution < -0.4 is 10.6 Å². The first-order chi connectivity index (χ1) is 9.36. The minimum absolute atomic E-state index is 0.0637. The van der Waals surface area contributed by atoms with E-state index in [4.69, 9.17) is 0 Å². The minimum Gasteiger partial charge on any atom is -0.393 e. The Morgan fingerprint density at radius 2 is 1.70 bits per heavy atom. The molecule has 0 aliphatic heterocycles. The first-order valence-corrected chi connectivity index (χ1v) is 7.32. The Bertz CT molecular complexity index is 326. The molecule has 3 N–H and O–H groups in total. The molecule has 0 aromatic heterocycles. The molecule has 0 spiro atoms. The summed E-state index contributed by atoms with van der Waals surface area (Å²) >= 11 is 0. The molecule has 0 heterocycles. The van der Waals surface area contributed by atoms with Crippen LogP contribution in [0.4, 0.5) is 0 Å². The molecule has 1 aliphatic rings. The Hall–Kier alpha value is -1.14. The number of aliphatic hydroxyl groups is 1. The van der Waals surface area contributed by atoms with Gasteiger partial charge in [0.1, 0.15) is 0 Å². The highest BCUT2D eigenvalue weighted by molar-refractivity contribution is 5.81. The summed E-state index contributed by atoms with van der Waals surface area (Å²) in [6.07, 6.45) is 2.93. The van der Waals surface area contributed by atoms with E-state index in [2.05, 4.69) is 10.6 Å². The SMILES string of the molecule is CC(C)NC(=O)CN(C)CC(=O)NC1CCC(O)CC1. The van der Waals surface area contributed by atoms with Crippen LogP contribution in [0.25, 0.3) is 0 Å². The Labute approximate surface area is 120 Å². The van der Waals surface area contributed by atoms with Crippen molar-refractivity contribution in [3.05, 3.63) is 0 Å². The number of rotatable bonds is 6. The zero-order valence-electron chi connectivity index (χ0n) is 12.7. The molecule has 116 valence electrons. The number of aliphatic hydroxyl groups excluding tert-OH is 1. The van der Waals surface area contributed by atoms with E-state index in [9.17, 15) is 14.7 Å². The maximum absolute atomic E-state index is 11.9. The molecule has 1 aliphatic carbocycles. The number of amides is 2. The Morgan fingerprint density at radius 1 is 1.15 bits per heavy atom. The van der Waals surface area contributed by atoms with Gasteiger partial charge in [-0.05, 0) is 46.6 Å². The predicted octanol–water partition coefficient (Wildman–Crippen LogP) is -0.137. The molecule has 6 nitrogen and oxygen atoms in total. The standard InChI is InChI=1S/C14H27N3O3/c1-10(2)15-13(19)8-17(3)9-14(20)16-11-4-6-12(18)7-5-11/h10-12,18H,4-9H2,1-3H3,(H,15,19)(H,16,20). The molecule has 0 bridgehead atoms. The third-order valence-corrected chi connectivity index (χ3v) is 3.34. The van der Waals surface area contributed by atoms with E-state index in [-0.39, 0.29) is 43.1 Å². The van der Waals surface area contributed by atoms with Crippen molar-refractivity contribution in [1.82, 2.24) is 15.5 Å². The lowest BCUT2D eigenvalue weighted by Gasteiger charge is -2.27. The van der Waals surface area contributed by atoms with Crippen molar-refractivity contribution in [3.63, 3.8) is 0 Å². The fraction of sp³-hybridized carbons (Fsp3) is 0.857. The van der Waals surface area contributed by atoms with Crippen molar-refractivity contribution in [1.29, 1.82) is 0 Å². The molecule has 0 radical (unpaired) electrons. The van der Waals surface area contributed by atoms with Gasteiger partial charge in [0.05, 0.1) is 19.2 Å². The lowest BCUT2D eigenvalue weighted by molar-refractivity contribution is -0.125. The summed E-state index contributed by atoms with van der Waals surface area (Å²) in [5.41, 5.74) is 0. The van der Waals surface area contributed by atoms with E-state index < -0.39 is 0 Å². The van der Waals surface area contributed by atoms with Gasteiger partial charge in [0, 0.05) is 12.1 Å². The molecule has 6 heteroatoms. The van der Waals surface area contributed by atoms with E-state index in [0.717, 1.165) is 25.7 Å². The second-order valence-corrected chi connectivity index (χ2v) is 5.97. The van der Waals surface area contributed by atoms with Gasteiger partial charge in [-0.3, -0.25) is 14.5 Å². The van der Waals surface area contributed by atoms with Crippen molar-refractivity contribution in [2.24, 2.45) is 0 Å². The third kappa shape index (κ3) is 6.86. The Balaban J connectivity index is 2.22. The second-order valence-electron chi connectivity index (χ2n) is 5.97. The molecular weight excluding hydrogens is 258 g/mol. The smallest absolute Gasteiger partial charge is 0.234 e. The monoisotopic (exact) mass is 285 g/mol. The van der Waals surface area contributed by atoms with Gasteiger partial charge in [-0.15, -0.1) is 0 Å². The lowest BCUT2D eigenvalue weighted by atomic mass is 9.93. The van der Waals surface area contributed by atoms with Crippen LogP contribution in [0.5, 0.6) is 0 Å². The highest BCUT2D eigenvalue weighted by atomic mass is 16.3. The van der Waals surface area contributed by atoms with Crippen molar-refractivity contribution >= 4 is 11.8 Å². The summed E-state index contributed by atoms with van der Waals surface area (Å²) in [4.78, 5) is 25.1. The average Bonchev–Trinajstić information content (AvgIpc) is 2.30. The topological polar surface area (TPSA) is 81.7 Å². The molecule has 0 atom stereocenters. The van der Waals surface area contributed by atoms with E-state index in [1.54, 1.807) is 11.9 Å². The minimum atomic E-state index is -0.217. The van der Waals surface area contributed by atoms with Gasteiger partial charge in [-0.2, -0.15) is 0 Å². The summed E-state index contributed by atoms with van der Waals surface area (Å²) in [5.74, 6) is -0.137. The van der Waals surface area contributed by atoms with E-state index in [1.165, 1.54) is 0 Å². The van der Waals surface area contributed by atoms with Gasteiger partial charge < -0.3 is 15.7 Å². The molecule has 0 saturated heterocycles. The lowest BCUT2D eigenvalue weighted by Crippen LogP contribution is -2.45. The van der Waals surface area contributed by atoms with E-state index >= 15 is 0 Å². The van der Waals surface area contributed by atoms with Crippen LogP contribution >= 0.6 is 0 Å². The molecule has 1 saturated carbocycles. The van der Waals surface area contributed by atoms with Gasteiger partial charge in [-0.25, -0.2) is 0 Å². The molecule has 2 amide bonds. The quantitative estimate of drug-likeness (QED) is 0.634. The van der Waals surface area contributed by atoms with Crippen LogP contribution in [-0.2, 0) is 9.59 Å². The molecule has 20 heavy (non-hydrogen) atoms. The van der Waals surface area contributed by atoms with Crippen LogP contribution in [-0.4, -0.2) is 60.1 Å². The van der Waals surface area contributed by atoms with Gasteiger partial charge >= 0.3 is 0 Å². The van der Waals surface area contributed by atoms with Crippen molar-refractivity contribution < 1.29 is 14.7 Å². The third-order valence-electron chi connectivity index (χ3n) is 3.34. The number of carbonyl (C=O) groups excluding carboxylic acids is 2. The highest BCUT2D eigenvalue weighted by Gasteiger charge is 2.21. The number of likely N-dealkylation sites (N-methyl/N-ethyl adjacent to an activating group) is 1. The zero-order valence-corrected chi connectivity index (χ0v) is 12.7. The summed E-state index contributed by atoms with van der Waals surface area (Å²) < 4.78 is 0. The maximum atomic E-state index is 11.9. The average molecular weight is 285 g/mol. The summed E-state index contributed by atoms with van der Waals surface area (Å²) in [7, 11) is 1.75. The van der Waals surface area contributed by atoms with Crippen LogP contribution in [0.15, 0.2) is 0 Å². The summed E-state index contributed by atoms with van der Waals surface area (Å²) in [5, 5.41) is 15.2. The number of nitrogens with one attached hydrogen (secondary N) is 2. The van der Waals surface area contributed by atoms with Gasteiger partial charge in [0.25, 0.3) is 0 Å².